The molecule has 0 radical (unpaired) electrons. The molecule has 2 rings (SSSR count). The van der Waals surface area contributed by atoms with Crippen LogP contribution in [0.4, 0.5) is 0 Å². The Kier molecular flexibility index (Phi) is 7.61. The molecule has 2 aliphatic rings. The molecule has 4 nitrogen and oxygen atoms in total. The molecule has 1 aliphatic heterocycles. The minimum absolute atomic E-state index is 0. The number of guanidine groups is 1. The van der Waals surface area contributed by atoms with Crippen LogP contribution in [0.25, 0.3) is 0 Å². The molecule has 1 aliphatic carbocycles. The molecule has 1 heterocycles. The lowest BCUT2D eigenvalue weighted by molar-refractivity contribution is 0.131. The van der Waals surface area contributed by atoms with Crippen molar-refractivity contribution in [2.45, 2.75) is 12.8 Å². The summed E-state index contributed by atoms with van der Waals surface area (Å²) in [5.74, 6) is 3.85. The molecule has 0 aromatic heterocycles. The third-order valence-corrected chi connectivity index (χ3v) is 3.84. The maximum Gasteiger partial charge on any atom is 0.191 e. The molecule has 2 N–H and O–H groups in total. The van der Waals surface area contributed by atoms with Crippen LogP contribution in [0.15, 0.2) is 4.99 Å². The molecule has 100 valence electrons. The number of rotatable bonds is 5. The first-order valence-electron chi connectivity index (χ1n) is 6.06. The zero-order chi connectivity index (χ0) is 11.2. The standard InChI is InChI=1S/C11H21N3OS.HI/c12-11(14-4-7-16-8-5-14)13-3-6-15-9-10-1-2-10;/h10H,1-9H2,(H2,12,13);1H. The number of aliphatic imine (C=N–C) groups is 1. The zero-order valence-corrected chi connectivity index (χ0v) is 13.3. The molecule has 0 amide bonds. The van der Waals surface area contributed by atoms with Crippen molar-refractivity contribution in [2.24, 2.45) is 16.6 Å². The van der Waals surface area contributed by atoms with E-state index in [0.29, 0.717) is 19.1 Å². The van der Waals surface area contributed by atoms with E-state index in [1.54, 1.807) is 0 Å². The molecule has 0 spiro atoms. The van der Waals surface area contributed by atoms with Gasteiger partial charge in [-0.3, -0.25) is 4.99 Å². The lowest BCUT2D eigenvalue weighted by Crippen LogP contribution is -2.42. The van der Waals surface area contributed by atoms with E-state index in [0.717, 1.165) is 37.1 Å². The average Bonchev–Trinajstić information content (AvgIpc) is 3.13. The summed E-state index contributed by atoms with van der Waals surface area (Å²) in [6.45, 7) is 4.38. The SMILES string of the molecule is I.NC(=NCCOCC1CC1)N1CCSCC1. The third-order valence-electron chi connectivity index (χ3n) is 2.89. The van der Waals surface area contributed by atoms with Gasteiger partial charge in [-0.1, -0.05) is 0 Å². The van der Waals surface area contributed by atoms with Crippen molar-refractivity contribution >= 4 is 41.7 Å². The van der Waals surface area contributed by atoms with Gasteiger partial charge in [0.2, 0.25) is 0 Å². The van der Waals surface area contributed by atoms with Crippen LogP contribution in [0.1, 0.15) is 12.8 Å². The predicted molar refractivity (Wildman–Crippen MR) is 84.3 cm³/mol. The Labute approximate surface area is 125 Å². The van der Waals surface area contributed by atoms with E-state index >= 15 is 0 Å². The molecule has 1 saturated carbocycles. The number of hydrogen-bond acceptors (Lipinski definition) is 3. The van der Waals surface area contributed by atoms with Crippen LogP contribution in [0, 0.1) is 5.92 Å². The maximum absolute atomic E-state index is 5.91. The highest BCUT2D eigenvalue weighted by Crippen LogP contribution is 2.28. The second kappa shape index (κ2) is 8.42. The van der Waals surface area contributed by atoms with E-state index in [9.17, 15) is 0 Å². The Morgan fingerprint density at radius 1 is 1.35 bits per heavy atom. The van der Waals surface area contributed by atoms with Crippen molar-refractivity contribution < 1.29 is 4.74 Å². The molecular weight excluding hydrogens is 349 g/mol. The average molecular weight is 371 g/mol. The Hall–Kier alpha value is 0.310. The Balaban J connectivity index is 0.00000144. The van der Waals surface area contributed by atoms with Gasteiger partial charge in [0, 0.05) is 31.2 Å². The second-order valence-electron chi connectivity index (χ2n) is 4.36. The molecule has 0 aromatic carbocycles. The monoisotopic (exact) mass is 371 g/mol. The Bertz CT molecular complexity index is 243. The van der Waals surface area contributed by atoms with E-state index in [2.05, 4.69) is 9.89 Å². The summed E-state index contributed by atoms with van der Waals surface area (Å²) in [6.07, 6.45) is 2.69. The second-order valence-corrected chi connectivity index (χ2v) is 5.58. The molecular formula is C11H22IN3OS. The van der Waals surface area contributed by atoms with Crippen LogP contribution in [0.3, 0.4) is 0 Å². The minimum Gasteiger partial charge on any atom is -0.379 e. The van der Waals surface area contributed by atoms with Gasteiger partial charge in [-0.15, -0.1) is 24.0 Å². The quantitative estimate of drug-likeness (QED) is 0.344. The fourth-order valence-corrected chi connectivity index (χ4v) is 2.55. The van der Waals surface area contributed by atoms with Gasteiger partial charge in [0.1, 0.15) is 0 Å². The van der Waals surface area contributed by atoms with E-state index in [1.807, 2.05) is 11.8 Å². The number of nitrogens with zero attached hydrogens (tertiary/aromatic N) is 2. The molecule has 17 heavy (non-hydrogen) atoms. The normalized spacial score (nSPS) is 21.2. The first-order chi connectivity index (χ1) is 7.86. The van der Waals surface area contributed by atoms with Gasteiger partial charge in [0.15, 0.2) is 5.96 Å². The Morgan fingerprint density at radius 2 is 2.06 bits per heavy atom. The summed E-state index contributed by atoms with van der Waals surface area (Å²) < 4.78 is 5.51. The van der Waals surface area contributed by atoms with Crippen molar-refractivity contribution in [1.82, 2.24) is 4.90 Å². The van der Waals surface area contributed by atoms with Crippen LogP contribution >= 0.6 is 35.7 Å². The number of ether oxygens (including phenoxy) is 1. The highest BCUT2D eigenvalue weighted by Gasteiger charge is 2.20. The highest BCUT2D eigenvalue weighted by atomic mass is 127. The molecule has 0 unspecified atom stereocenters. The first kappa shape index (κ1) is 15.4. The summed E-state index contributed by atoms with van der Waals surface area (Å²) in [5.41, 5.74) is 5.91. The fraction of sp³-hybridized carbons (Fsp3) is 0.909. The van der Waals surface area contributed by atoms with E-state index in [-0.39, 0.29) is 24.0 Å². The van der Waals surface area contributed by atoms with Crippen molar-refractivity contribution in [1.29, 1.82) is 0 Å². The van der Waals surface area contributed by atoms with Crippen LogP contribution in [0.5, 0.6) is 0 Å². The van der Waals surface area contributed by atoms with Crippen LogP contribution < -0.4 is 5.73 Å². The van der Waals surface area contributed by atoms with Crippen molar-refractivity contribution in [3.8, 4) is 0 Å². The summed E-state index contributed by atoms with van der Waals surface area (Å²) in [5, 5.41) is 0. The number of hydrogen-bond donors (Lipinski definition) is 1. The van der Waals surface area contributed by atoms with Crippen LogP contribution in [-0.2, 0) is 4.74 Å². The molecule has 6 heteroatoms. The van der Waals surface area contributed by atoms with Gasteiger partial charge in [0.25, 0.3) is 0 Å². The predicted octanol–water partition coefficient (Wildman–Crippen LogP) is 1.39. The summed E-state index contributed by atoms with van der Waals surface area (Å²) >= 11 is 1.98. The number of thioether (sulfide) groups is 1. The van der Waals surface area contributed by atoms with Gasteiger partial charge in [-0.05, 0) is 18.8 Å². The molecule has 2 fully saturated rings. The molecule has 0 bridgehead atoms. The van der Waals surface area contributed by atoms with E-state index in [4.69, 9.17) is 10.5 Å². The zero-order valence-electron chi connectivity index (χ0n) is 10.1. The van der Waals surface area contributed by atoms with Gasteiger partial charge in [-0.2, -0.15) is 11.8 Å². The van der Waals surface area contributed by atoms with Gasteiger partial charge < -0.3 is 15.4 Å². The molecule has 0 aromatic rings. The van der Waals surface area contributed by atoms with Crippen LogP contribution in [-0.4, -0.2) is 55.2 Å². The van der Waals surface area contributed by atoms with Crippen LogP contribution in [0.2, 0.25) is 0 Å². The van der Waals surface area contributed by atoms with Gasteiger partial charge in [-0.25, -0.2) is 0 Å². The fourth-order valence-electron chi connectivity index (χ4n) is 1.65. The lowest BCUT2D eigenvalue weighted by atomic mass is 10.5. The largest absolute Gasteiger partial charge is 0.379 e. The summed E-state index contributed by atoms with van der Waals surface area (Å²) in [4.78, 5) is 6.52. The first-order valence-corrected chi connectivity index (χ1v) is 7.22. The molecule has 1 saturated heterocycles. The maximum atomic E-state index is 5.91. The topological polar surface area (TPSA) is 50.9 Å². The smallest absolute Gasteiger partial charge is 0.191 e. The number of halogens is 1. The van der Waals surface area contributed by atoms with Crippen molar-refractivity contribution in [2.75, 3.05) is 44.4 Å². The van der Waals surface area contributed by atoms with Gasteiger partial charge in [0.05, 0.1) is 13.2 Å². The summed E-state index contributed by atoms with van der Waals surface area (Å²) in [6, 6.07) is 0. The minimum atomic E-state index is 0. The van der Waals surface area contributed by atoms with Crippen molar-refractivity contribution in [3.63, 3.8) is 0 Å². The Morgan fingerprint density at radius 3 is 2.71 bits per heavy atom. The highest BCUT2D eigenvalue weighted by molar-refractivity contribution is 14.0. The molecule has 0 atom stereocenters. The summed E-state index contributed by atoms with van der Waals surface area (Å²) in [7, 11) is 0. The van der Waals surface area contributed by atoms with Gasteiger partial charge >= 0.3 is 0 Å². The third kappa shape index (κ3) is 6.15. The van der Waals surface area contributed by atoms with E-state index < -0.39 is 0 Å². The lowest BCUT2D eigenvalue weighted by Gasteiger charge is -2.27. The van der Waals surface area contributed by atoms with Crippen molar-refractivity contribution in [3.05, 3.63) is 0 Å². The van der Waals surface area contributed by atoms with E-state index in [1.165, 1.54) is 12.8 Å². The number of nitrogens with two attached hydrogens (primary N) is 1.